The first-order valence-corrected chi connectivity index (χ1v) is 10.7. The second-order valence-electron chi connectivity index (χ2n) is 6.11. The zero-order chi connectivity index (χ0) is 20.2. The number of carbonyl (C=O) groups excluding carboxylic acids is 1. The van der Waals surface area contributed by atoms with Crippen LogP contribution in [0, 0.1) is 6.92 Å². The summed E-state index contributed by atoms with van der Waals surface area (Å²) in [6.07, 6.45) is 1.07. The molecule has 0 aliphatic carbocycles. The van der Waals surface area contributed by atoms with Crippen molar-refractivity contribution in [2.24, 2.45) is 0 Å². The quantitative estimate of drug-likeness (QED) is 0.752. The highest BCUT2D eigenvalue weighted by Gasteiger charge is 2.29. The number of amides is 1. The molecule has 2 aromatic rings. The van der Waals surface area contributed by atoms with Crippen LogP contribution in [0.25, 0.3) is 0 Å². The number of benzene rings is 2. The van der Waals surface area contributed by atoms with E-state index >= 15 is 0 Å². The first-order chi connectivity index (χ1) is 12.6. The number of nitrogens with one attached hydrogen (secondary N) is 1. The van der Waals surface area contributed by atoms with Gasteiger partial charge in [0.15, 0.2) is 0 Å². The van der Waals surface area contributed by atoms with Crippen molar-refractivity contribution in [3.63, 3.8) is 0 Å². The van der Waals surface area contributed by atoms with Crippen LogP contribution in [-0.4, -0.2) is 33.2 Å². The van der Waals surface area contributed by atoms with Gasteiger partial charge in [-0.25, -0.2) is 8.42 Å². The molecule has 0 aliphatic heterocycles. The topological polar surface area (TPSA) is 75.7 Å². The third-order valence-corrected chi connectivity index (χ3v) is 5.42. The van der Waals surface area contributed by atoms with Crippen molar-refractivity contribution < 1.29 is 17.9 Å². The lowest BCUT2D eigenvalue weighted by molar-refractivity contribution is -0.116. The number of sulfonamides is 1. The summed E-state index contributed by atoms with van der Waals surface area (Å²) in [5, 5.41) is 3.23. The maximum atomic E-state index is 12.7. The predicted octanol–water partition coefficient (Wildman–Crippen LogP) is 3.84. The normalized spacial score (nSPS) is 12.3. The molecular formula is C19H23ClN2O4S. The van der Waals surface area contributed by atoms with Crippen molar-refractivity contribution in [3.05, 3.63) is 53.1 Å². The Hall–Kier alpha value is -2.25. The van der Waals surface area contributed by atoms with Gasteiger partial charge in [0.25, 0.3) is 0 Å². The number of halogens is 1. The lowest BCUT2D eigenvalue weighted by atomic mass is 10.2. The first kappa shape index (κ1) is 21.1. The molecular weight excluding hydrogens is 388 g/mol. The lowest BCUT2D eigenvalue weighted by Crippen LogP contribution is -2.45. The van der Waals surface area contributed by atoms with Crippen molar-refractivity contribution in [2.75, 3.05) is 22.5 Å². The Morgan fingerprint density at radius 2 is 1.85 bits per heavy atom. The van der Waals surface area contributed by atoms with Crippen LogP contribution in [0.4, 0.5) is 11.4 Å². The van der Waals surface area contributed by atoms with Crippen molar-refractivity contribution >= 4 is 38.9 Å². The highest BCUT2D eigenvalue weighted by atomic mass is 35.5. The van der Waals surface area contributed by atoms with E-state index in [0.717, 1.165) is 16.1 Å². The molecule has 0 radical (unpaired) electrons. The van der Waals surface area contributed by atoms with E-state index in [1.807, 2.05) is 13.8 Å². The standard InChI is InChI=1S/C19H23ClN2O4S/c1-5-26-17-10-8-16(9-11-17)22(27(4,24)25)14(3)19(23)21-18-12-15(20)7-6-13(18)2/h6-12,14H,5H2,1-4H3,(H,21,23)/t14-/m1/s1. The molecule has 1 amide bonds. The van der Waals surface area contributed by atoms with E-state index in [2.05, 4.69) is 5.32 Å². The lowest BCUT2D eigenvalue weighted by Gasteiger charge is -2.28. The average Bonchev–Trinajstić information content (AvgIpc) is 2.59. The van der Waals surface area contributed by atoms with Crippen LogP contribution in [0.1, 0.15) is 19.4 Å². The van der Waals surface area contributed by atoms with E-state index in [-0.39, 0.29) is 0 Å². The number of ether oxygens (including phenoxy) is 1. The largest absolute Gasteiger partial charge is 0.494 e. The molecule has 2 rings (SSSR count). The molecule has 27 heavy (non-hydrogen) atoms. The average molecular weight is 411 g/mol. The van der Waals surface area contributed by atoms with Gasteiger partial charge in [0.1, 0.15) is 11.8 Å². The van der Waals surface area contributed by atoms with Gasteiger partial charge in [-0.2, -0.15) is 0 Å². The summed E-state index contributed by atoms with van der Waals surface area (Å²) in [6.45, 7) is 5.73. The SMILES string of the molecule is CCOc1ccc(N([C@H](C)C(=O)Nc2cc(Cl)ccc2C)S(C)(=O)=O)cc1. The third-order valence-electron chi connectivity index (χ3n) is 3.95. The van der Waals surface area contributed by atoms with Gasteiger partial charge in [-0.05, 0) is 62.7 Å². The van der Waals surface area contributed by atoms with Crippen LogP contribution in [0.15, 0.2) is 42.5 Å². The van der Waals surface area contributed by atoms with Crippen LogP contribution >= 0.6 is 11.6 Å². The van der Waals surface area contributed by atoms with E-state index in [4.69, 9.17) is 16.3 Å². The molecule has 0 spiro atoms. The highest BCUT2D eigenvalue weighted by molar-refractivity contribution is 7.92. The maximum Gasteiger partial charge on any atom is 0.248 e. The fourth-order valence-corrected chi connectivity index (χ4v) is 3.98. The van der Waals surface area contributed by atoms with E-state index in [9.17, 15) is 13.2 Å². The zero-order valence-electron chi connectivity index (χ0n) is 15.7. The van der Waals surface area contributed by atoms with Gasteiger partial charge in [0.05, 0.1) is 18.6 Å². The van der Waals surface area contributed by atoms with Gasteiger partial charge in [0.2, 0.25) is 15.9 Å². The van der Waals surface area contributed by atoms with E-state index in [1.54, 1.807) is 42.5 Å². The van der Waals surface area contributed by atoms with Gasteiger partial charge in [-0.1, -0.05) is 17.7 Å². The monoisotopic (exact) mass is 410 g/mol. The van der Waals surface area contributed by atoms with E-state index in [1.165, 1.54) is 6.92 Å². The van der Waals surface area contributed by atoms with Gasteiger partial charge >= 0.3 is 0 Å². The Bertz CT molecular complexity index is 914. The number of nitrogens with zero attached hydrogens (tertiary/aromatic N) is 1. The second kappa shape index (κ2) is 8.63. The maximum absolute atomic E-state index is 12.7. The van der Waals surface area contributed by atoms with Crippen molar-refractivity contribution in [1.82, 2.24) is 0 Å². The number of rotatable bonds is 7. The van der Waals surface area contributed by atoms with E-state index in [0.29, 0.717) is 28.8 Å². The molecule has 6 nitrogen and oxygen atoms in total. The molecule has 0 aromatic heterocycles. The number of hydrogen-bond acceptors (Lipinski definition) is 4. The van der Waals surface area contributed by atoms with Crippen LogP contribution in [0.2, 0.25) is 5.02 Å². The fourth-order valence-electron chi connectivity index (χ4n) is 2.63. The summed E-state index contributed by atoms with van der Waals surface area (Å²) in [4.78, 5) is 12.7. The predicted molar refractivity (Wildman–Crippen MR) is 109 cm³/mol. The minimum absolute atomic E-state index is 0.381. The molecule has 1 N–H and O–H groups in total. The van der Waals surface area contributed by atoms with Crippen LogP contribution < -0.4 is 14.4 Å². The highest BCUT2D eigenvalue weighted by Crippen LogP contribution is 2.25. The molecule has 0 fully saturated rings. The Labute approximate surface area is 165 Å². The van der Waals surface area contributed by atoms with Crippen molar-refractivity contribution in [1.29, 1.82) is 0 Å². The number of aryl methyl sites for hydroxylation is 1. The van der Waals surface area contributed by atoms with Gasteiger partial charge < -0.3 is 10.1 Å². The Morgan fingerprint density at radius 1 is 1.22 bits per heavy atom. The Kier molecular flexibility index (Phi) is 6.73. The molecule has 0 saturated heterocycles. The van der Waals surface area contributed by atoms with Crippen molar-refractivity contribution in [2.45, 2.75) is 26.8 Å². The number of hydrogen-bond donors (Lipinski definition) is 1. The van der Waals surface area contributed by atoms with E-state index < -0.39 is 22.0 Å². The van der Waals surface area contributed by atoms with Gasteiger partial charge in [0, 0.05) is 10.7 Å². The smallest absolute Gasteiger partial charge is 0.248 e. The minimum Gasteiger partial charge on any atom is -0.494 e. The molecule has 0 saturated carbocycles. The molecule has 146 valence electrons. The number of anilines is 2. The summed E-state index contributed by atoms with van der Waals surface area (Å²) in [5.41, 5.74) is 1.75. The second-order valence-corrected chi connectivity index (χ2v) is 8.41. The summed E-state index contributed by atoms with van der Waals surface area (Å²) in [5.74, 6) is 0.168. The van der Waals surface area contributed by atoms with Crippen LogP contribution in [-0.2, 0) is 14.8 Å². The van der Waals surface area contributed by atoms with Crippen LogP contribution in [0.5, 0.6) is 5.75 Å². The molecule has 1 atom stereocenters. The molecule has 2 aromatic carbocycles. The van der Waals surface area contributed by atoms with Crippen LogP contribution in [0.3, 0.4) is 0 Å². The molecule has 0 unspecified atom stereocenters. The molecule has 0 bridgehead atoms. The summed E-state index contributed by atoms with van der Waals surface area (Å²) >= 11 is 5.98. The van der Waals surface area contributed by atoms with Gasteiger partial charge in [-0.3, -0.25) is 9.10 Å². The minimum atomic E-state index is -3.69. The molecule has 8 heteroatoms. The zero-order valence-corrected chi connectivity index (χ0v) is 17.3. The van der Waals surface area contributed by atoms with Crippen molar-refractivity contribution in [3.8, 4) is 5.75 Å². The summed E-state index contributed by atoms with van der Waals surface area (Å²) < 4.78 is 31.2. The third kappa shape index (κ3) is 5.37. The summed E-state index contributed by atoms with van der Waals surface area (Å²) in [7, 11) is -3.69. The Balaban J connectivity index is 2.30. The molecule has 0 aliphatic rings. The first-order valence-electron chi connectivity index (χ1n) is 8.42. The molecule has 0 heterocycles. The Morgan fingerprint density at radius 3 is 2.41 bits per heavy atom. The summed E-state index contributed by atoms with van der Waals surface area (Å²) in [6, 6.07) is 10.7. The van der Waals surface area contributed by atoms with Gasteiger partial charge in [-0.15, -0.1) is 0 Å². The number of carbonyl (C=O) groups is 1. The fraction of sp³-hybridized carbons (Fsp3) is 0.316.